The number of nitrogens with zero attached hydrogens (tertiary/aromatic N) is 2. The molecule has 1 spiro atoms. The van der Waals surface area contributed by atoms with Crippen molar-refractivity contribution in [2.45, 2.75) is 38.1 Å². The number of quaternary nitrogens is 1. The molecule has 2 bridgehead atoms. The maximum Gasteiger partial charge on any atom is 0.219 e. The Labute approximate surface area is 211 Å². The Kier molecular flexibility index (Phi) is 4.42. The number of aromatic nitrogens is 1. The van der Waals surface area contributed by atoms with Gasteiger partial charge in [0.1, 0.15) is 25.4 Å². The van der Waals surface area contributed by atoms with Crippen LogP contribution in [0.25, 0.3) is 10.9 Å². The minimum Gasteiger partial charge on any atom is -0.357 e. The van der Waals surface area contributed by atoms with E-state index in [1.807, 2.05) is 12.1 Å². The number of aryl methyl sites for hydroxylation is 1. The van der Waals surface area contributed by atoms with E-state index in [1.165, 1.54) is 11.1 Å². The lowest BCUT2D eigenvalue weighted by Crippen LogP contribution is -2.64. The third-order valence-corrected chi connectivity index (χ3v) is 10.00. The Morgan fingerprint density at radius 3 is 2.78 bits per heavy atom. The summed E-state index contributed by atoms with van der Waals surface area (Å²) in [4.78, 5) is 26.7. The number of fused-ring (bicyclic) bond motifs is 3. The number of anilines is 1. The molecule has 1 N–H and O–H groups in total. The van der Waals surface area contributed by atoms with Crippen LogP contribution in [0.15, 0.2) is 71.5 Å². The number of para-hydroxylation sites is 2. The molecule has 2 aromatic carbocycles. The summed E-state index contributed by atoms with van der Waals surface area (Å²) in [5, 5.41) is 4.74. The van der Waals surface area contributed by atoms with Gasteiger partial charge in [0, 0.05) is 59.4 Å². The number of hydrogen-bond donors (Lipinski definition) is 1. The van der Waals surface area contributed by atoms with Gasteiger partial charge in [-0.2, -0.15) is 0 Å². The van der Waals surface area contributed by atoms with Crippen molar-refractivity contribution in [1.82, 2.24) is 4.57 Å². The van der Waals surface area contributed by atoms with E-state index in [0.717, 1.165) is 75.8 Å². The van der Waals surface area contributed by atoms with E-state index >= 15 is 0 Å². The van der Waals surface area contributed by atoms with E-state index in [0.29, 0.717) is 6.54 Å². The van der Waals surface area contributed by atoms with Crippen molar-refractivity contribution in [1.29, 1.82) is 0 Å². The van der Waals surface area contributed by atoms with E-state index in [1.54, 1.807) is 0 Å². The Balaban J connectivity index is 1.39. The van der Waals surface area contributed by atoms with Crippen molar-refractivity contribution < 1.29 is 14.1 Å². The zero-order valence-corrected chi connectivity index (χ0v) is 21.2. The molecule has 3 aliphatic heterocycles. The number of Topliss-reactive ketones (excluding diaryl/α,β-unsaturated/α-hetero) is 1. The van der Waals surface area contributed by atoms with Gasteiger partial charge in [-0.1, -0.05) is 42.5 Å². The SMILES string of the molecule is C/C=C1/C[N+]2(CC(=O)c3c(C)n(C)c4ccccc34)CC[C@]34C(=C(C=O)[C@H]1C[C@H]32)Nc1ccccc14. The maximum atomic E-state index is 14.2. The number of piperidine rings is 1. The topological polar surface area (TPSA) is 51.1 Å². The average molecular weight is 479 g/mol. The van der Waals surface area contributed by atoms with Gasteiger partial charge in [0.05, 0.1) is 17.5 Å². The first-order chi connectivity index (χ1) is 17.4. The summed E-state index contributed by atoms with van der Waals surface area (Å²) in [7, 11) is 2.05. The minimum absolute atomic E-state index is 0.140. The molecule has 2 fully saturated rings. The maximum absolute atomic E-state index is 14.2. The summed E-state index contributed by atoms with van der Waals surface area (Å²) in [6, 6.07) is 17.1. The van der Waals surface area contributed by atoms with Gasteiger partial charge in [0.2, 0.25) is 5.78 Å². The van der Waals surface area contributed by atoms with E-state index in [4.69, 9.17) is 0 Å². The van der Waals surface area contributed by atoms with Crippen molar-refractivity contribution in [3.05, 3.63) is 88.3 Å². The molecule has 4 aliphatic rings. The van der Waals surface area contributed by atoms with E-state index in [-0.39, 0.29) is 23.2 Å². The third kappa shape index (κ3) is 2.49. The van der Waals surface area contributed by atoms with Gasteiger partial charge in [-0.25, -0.2) is 0 Å². The highest BCUT2D eigenvalue weighted by Gasteiger charge is 2.68. The van der Waals surface area contributed by atoms with Gasteiger partial charge in [-0.3, -0.25) is 9.59 Å². The van der Waals surface area contributed by atoms with Crippen LogP contribution in [0, 0.1) is 12.8 Å². The Morgan fingerprint density at radius 2 is 1.97 bits per heavy atom. The van der Waals surface area contributed by atoms with Gasteiger partial charge in [0.15, 0.2) is 0 Å². The molecular formula is C31H32N3O2+. The fourth-order valence-corrected chi connectivity index (χ4v) is 8.37. The molecule has 0 radical (unpaired) electrons. The number of carbonyl (C=O) groups excluding carboxylic acids is 2. The standard InChI is InChI=1S/C31H31N3O2/c1-4-20-16-34(17-27(36)29-19(2)33(3)26-12-8-5-9-21(26)29)14-13-31-24-10-6-7-11-25(24)32-30(31)23(18-35)22(20)15-28(31)34/h4-12,18,22,28H,13-17H2,1-3H3/p+1/b20-4-/t22-,28+,31+,34?/m0/s1. The second-order valence-electron chi connectivity index (χ2n) is 11.2. The molecule has 2 saturated heterocycles. The number of ketones is 1. The number of aldehydes is 1. The summed E-state index contributed by atoms with van der Waals surface area (Å²) in [5.41, 5.74) is 8.56. The molecule has 182 valence electrons. The molecule has 1 aromatic heterocycles. The Hall–Kier alpha value is -3.44. The zero-order chi connectivity index (χ0) is 24.8. The molecule has 0 amide bonds. The van der Waals surface area contributed by atoms with Crippen molar-refractivity contribution in [3.63, 3.8) is 0 Å². The summed E-state index contributed by atoms with van der Waals surface area (Å²) in [6.45, 7) is 6.44. The lowest BCUT2D eigenvalue weighted by atomic mass is 9.61. The third-order valence-electron chi connectivity index (χ3n) is 10.00. The smallest absolute Gasteiger partial charge is 0.219 e. The average Bonchev–Trinajstić information content (AvgIpc) is 3.50. The molecule has 5 heteroatoms. The van der Waals surface area contributed by atoms with Gasteiger partial charge >= 0.3 is 0 Å². The molecule has 5 nitrogen and oxygen atoms in total. The van der Waals surface area contributed by atoms with Gasteiger partial charge in [-0.15, -0.1) is 0 Å². The molecule has 1 unspecified atom stereocenters. The van der Waals surface area contributed by atoms with E-state index in [2.05, 4.69) is 73.3 Å². The van der Waals surface area contributed by atoms with Crippen LogP contribution in [-0.4, -0.2) is 46.8 Å². The molecule has 36 heavy (non-hydrogen) atoms. The lowest BCUT2D eigenvalue weighted by molar-refractivity contribution is -0.934. The fraction of sp³-hybridized carbons (Fsp3) is 0.355. The molecule has 1 aliphatic carbocycles. The van der Waals surface area contributed by atoms with Crippen LogP contribution in [0.1, 0.15) is 41.4 Å². The monoisotopic (exact) mass is 478 g/mol. The summed E-state index contributed by atoms with van der Waals surface area (Å²) < 4.78 is 2.93. The summed E-state index contributed by atoms with van der Waals surface area (Å²) >= 11 is 0. The number of carbonyl (C=O) groups is 2. The molecular weight excluding hydrogens is 446 g/mol. The number of hydrogen-bond acceptors (Lipinski definition) is 3. The highest BCUT2D eigenvalue weighted by molar-refractivity contribution is 6.10. The van der Waals surface area contributed by atoms with E-state index in [9.17, 15) is 9.59 Å². The predicted octanol–water partition coefficient (Wildman–Crippen LogP) is 5.05. The molecule has 0 saturated carbocycles. The first-order valence-corrected chi connectivity index (χ1v) is 13.1. The van der Waals surface area contributed by atoms with Gasteiger partial charge in [0.25, 0.3) is 0 Å². The molecule has 7 rings (SSSR count). The largest absolute Gasteiger partial charge is 0.357 e. The number of nitrogens with one attached hydrogen (secondary N) is 1. The molecule has 4 atom stereocenters. The quantitative estimate of drug-likeness (QED) is 0.247. The van der Waals surface area contributed by atoms with Crippen LogP contribution in [0.4, 0.5) is 5.69 Å². The highest BCUT2D eigenvalue weighted by Crippen LogP contribution is 2.63. The lowest BCUT2D eigenvalue weighted by Gasteiger charge is -2.53. The zero-order valence-electron chi connectivity index (χ0n) is 21.2. The Morgan fingerprint density at radius 1 is 1.19 bits per heavy atom. The number of benzene rings is 2. The minimum atomic E-state index is -0.212. The van der Waals surface area contributed by atoms with Crippen LogP contribution >= 0.6 is 0 Å². The fourth-order valence-electron chi connectivity index (χ4n) is 8.37. The predicted molar refractivity (Wildman–Crippen MR) is 142 cm³/mol. The second kappa shape index (κ2) is 7.30. The number of rotatable bonds is 4. The van der Waals surface area contributed by atoms with Crippen LogP contribution in [0.5, 0.6) is 0 Å². The first kappa shape index (κ1) is 21.8. The van der Waals surface area contributed by atoms with Gasteiger partial charge in [-0.05, 0) is 37.1 Å². The number of allylic oxidation sites excluding steroid dienone is 2. The highest BCUT2D eigenvalue weighted by atomic mass is 16.1. The van der Waals surface area contributed by atoms with Crippen molar-refractivity contribution >= 4 is 28.7 Å². The Bertz CT molecular complexity index is 1540. The molecule has 3 aromatic rings. The summed E-state index contributed by atoms with van der Waals surface area (Å²) in [6.07, 6.45) is 5.18. The van der Waals surface area contributed by atoms with Crippen LogP contribution < -0.4 is 5.32 Å². The summed E-state index contributed by atoms with van der Waals surface area (Å²) in [5.74, 6) is 0.377. The van der Waals surface area contributed by atoms with Gasteiger partial charge < -0.3 is 14.4 Å². The van der Waals surface area contributed by atoms with Crippen LogP contribution in [0.2, 0.25) is 0 Å². The molecule has 4 heterocycles. The van der Waals surface area contributed by atoms with Crippen LogP contribution in [-0.2, 0) is 17.3 Å². The van der Waals surface area contributed by atoms with Crippen molar-refractivity contribution in [2.24, 2.45) is 13.0 Å². The second-order valence-corrected chi connectivity index (χ2v) is 11.2. The van der Waals surface area contributed by atoms with Crippen LogP contribution in [0.3, 0.4) is 0 Å². The van der Waals surface area contributed by atoms with Crippen molar-refractivity contribution in [3.8, 4) is 0 Å². The first-order valence-electron chi connectivity index (χ1n) is 13.1. The van der Waals surface area contributed by atoms with Crippen molar-refractivity contribution in [2.75, 3.05) is 25.0 Å². The normalized spacial score (nSPS) is 30.9. The van der Waals surface area contributed by atoms with E-state index < -0.39 is 0 Å².